The number of benzene rings is 1. The van der Waals surface area contributed by atoms with Crippen molar-refractivity contribution in [1.29, 1.82) is 0 Å². The minimum Gasteiger partial charge on any atom is -0.310 e. The number of carbonyl (C=O) groups excluding carboxylic acids is 1. The monoisotopic (exact) mass is 307 g/mol. The number of nitrogens with one attached hydrogen (secondary N) is 1. The van der Waals surface area contributed by atoms with Gasteiger partial charge in [0.1, 0.15) is 17.2 Å². The number of nitrogens with zero attached hydrogens (tertiary/aromatic N) is 2. The molecule has 0 radical (unpaired) electrons. The van der Waals surface area contributed by atoms with Gasteiger partial charge in [-0.25, -0.2) is 4.98 Å². The Kier molecular flexibility index (Phi) is 4.15. The maximum Gasteiger partial charge on any atom is 0.225 e. The number of aryl methyl sites for hydroxylation is 2. The molecule has 4 heteroatoms. The van der Waals surface area contributed by atoms with E-state index in [0.717, 1.165) is 34.7 Å². The van der Waals surface area contributed by atoms with Crippen LogP contribution in [-0.2, 0) is 4.79 Å². The van der Waals surface area contributed by atoms with E-state index in [0.29, 0.717) is 6.42 Å². The Morgan fingerprint density at radius 1 is 1.13 bits per heavy atom. The number of anilines is 1. The molecule has 1 N–H and O–H groups in total. The van der Waals surface area contributed by atoms with Gasteiger partial charge in [-0.1, -0.05) is 36.8 Å². The van der Waals surface area contributed by atoms with Crippen molar-refractivity contribution in [2.24, 2.45) is 0 Å². The Morgan fingerprint density at radius 2 is 1.87 bits per heavy atom. The van der Waals surface area contributed by atoms with E-state index in [-0.39, 0.29) is 5.91 Å². The zero-order valence-corrected chi connectivity index (χ0v) is 13.8. The van der Waals surface area contributed by atoms with Crippen molar-refractivity contribution in [2.45, 2.75) is 33.6 Å². The van der Waals surface area contributed by atoms with Crippen LogP contribution in [-0.4, -0.2) is 15.3 Å². The van der Waals surface area contributed by atoms with Gasteiger partial charge in [0, 0.05) is 18.2 Å². The number of hydrogen-bond acceptors (Lipinski definition) is 2. The van der Waals surface area contributed by atoms with Crippen molar-refractivity contribution in [3.05, 3.63) is 53.7 Å². The average Bonchev–Trinajstić information content (AvgIpc) is 2.86. The van der Waals surface area contributed by atoms with Gasteiger partial charge in [-0.05, 0) is 38.0 Å². The second-order valence-corrected chi connectivity index (χ2v) is 5.91. The minimum atomic E-state index is 0.0169. The smallest absolute Gasteiger partial charge is 0.225 e. The van der Waals surface area contributed by atoms with Crippen molar-refractivity contribution < 1.29 is 4.79 Å². The van der Waals surface area contributed by atoms with Gasteiger partial charge in [0.05, 0.1) is 0 Å². The molecular weight excluding hydrogens is 286 g/mol. The zero-order valence-electron chi connectivity index (χ0n) is 13.8. The molecule has 3 rings (SSSR count). The first-order chi connectivity index (χ1) is 11.1. The number of fused-ring (bicyclic) bond motifs is 1. The minimum absolute atomic E-state index is 0.0169. The summed E-state index contributed by atoms with van der Waals surface area (Å²) in [5.41, 5.74) is 4.99. The van der Waals surface area contributed by atoms with Gasteiger partial charge in [-0.15, -0.1) is 0 Å². The van der Waals surface area contributed by atoms with Crippen LogP contribution in [0.25, 0.3) is 16.9 Å². The average molecular weight is 307 g/mol. The maximum atomic E-state index is 12.1. The fourth-order valence-corrected chi connectivity index (χ4v) is 2.60. The second kappa shape index (κ2) is 6.24. The molecule has 118 valence electrons. The number of hydrogen-bond donors (Lipinski definition) is 1. The molecule has 0 atom stereocenters. The third-order valence-corrected chi connectivity index (χ3v) is 3.84. The second-order valence-electron chi connectivity index (χ2n) is 5.91. The van der Waals surface area contributed by atoms with E-state index < -0.39 is 0 Å². The third-order valence-electron chi connectivity index (χ3n) is 3.84. The summed E-state index contributed by atoms with van der Waals surface area (Å²) in [5.74, 6) is 0.755. The lowest BCUT2D eigenvalue weighted by Crippen LogP contribution is -2.13. The van der Waals surface area contributed by atoms with Crippen molar-refractivity contribution in [3.8, 4) is 11.3 Å². The molecule has 0 aliphatic carbocycles. The SMILES string of the molecule is CCCC(=O)Nc1c(-c2ccc(C)cc2)nc2cc(C)ccn12. The molecule has 2 aromatic heterocycles. The fraction of sp³-hybridized carbons (Fsp3) is 0.263. The van der Waals surface area contributed by atoms with Gasteiger partial charge < -0.3 is 5.32 Å². The first kappa shape index (κ1) is 15.3. The lowest BCUT2D eigenvalue weighted by molar-refractivity contribution is -0.116. The Labute approximate surface area is 136 Å². The summed E-state index contributed by atoms with van der Waals surface area (Å²) in [6, 6.07) is 12.2. The summed E-state index contributed by atoms with van der Waals surface area (Å²) in [6.07, 6.45) is 3.28. The summed E-state index contributed by atoms with van der Waals surface area (Å²) in [5, 5.41) is 3.03. The summed E-state index contributed by atoms with van der Waals surface area (Å²) in [7, 11) is 0. The number of aromatic nitrogens is 2. The van der Waals surface area contributed by atoms with Crippen LogP contribution in [0.15, 0.2) is 42.6 Å². The molecule has 1 amide bonds. The zero-order chi connectivity index (χ0) is 16.4. The highest BCUT2D eigenvalue weighted by Gasteiger charge is 2.16. The van der Waals surface area contributed by atoms with E-state index in [1.54, 1.807) is 0 Å². The Hall–Kier alpha value is -2.62. The molecule has 0 bridgehead atoms. The van der Waals surface area contributed by atoms with E-state index >= 15 is 0 Å². The van der Waals surface area contributed by atoms with Crippen molar-refractivity contribution in [2.75, 3.05) is 5.32 Å². The van der Waals surface area contributed by atoms with Crippen LogP contribution in [0.4, 0.5) is 5.82 Å². The summed E-state index contributed by atoms with van der Waals surface area (Å²) < 4.78 is 1.94. The van der Waals surface area contributed by atoms with Crippen LogP contribution >= 0.6 is 0 Å². The lowest BCUT2D eigenvalue weighted by atomic mass is 10.1. The molecule has 1 aromatic carbocycles. The van der Waals surface area contributed by atoms with Gasteiger partial charge >= 0.3 is 0 Å². The number of imidazole rings is 1. The molecule has 0 unspecified atom stereocenters. The number of amides is 1. The fourth-order valence-electron chi connectivity index (χ4n) is 2.60. The predicted octanol–water partition coefficient (Wildman–Crippen LogP) is 4.36. The number of carbonyl (C=O) groups is 1. The molecule has 0 saturated carbocycles. The van der Waals surface area contributed by atoms with Crippen LogP contribution in [0.2, 0.25) is 0 Å². The molecule has 0 aliphatic heterocycles. The van der Waals surface area contributed by atoms with Gasteiger partial charge in [-0.3, -0.25) is 9.20 Å². The van der Waals surface area contributed by atoms with Crippen LogP contribution in [0.1, 0.15) is 30.9 Å². The Bertz CT molecular complexity index is 847. The lowest BCUT2D eigenvalue weighted by Gasteiger charge is -2.07. The Morgan fingerprint density at radius 3 is 2.57 bits per heavy atom. The molecule has 3 aromatic rings. The largest absolute Gasteiger partial charge is 0.310 e. The first-order valence-corrected chi connectivity index (χ1v) is 7.94. The van der Waals surface area contributed by atoms with E-state index in [4.69, 9.17) is 4.98 Å². The van der Waals surface area contributed by atoms with Gasteiger partial charge in [0.25, 0.3) is 0 Å². The molecule has 4 nitrogen and oxygen atoms in total. The predicted molar refractivity (Wildman–Crippen MR) is 93.6 cm³/mol. The number of rotatable bonds is 4. The summed E-state index contributed by atoms with van der Waals surface area (Å²) in [6.45, 7) is 6.09. The van der Waals surface area contributed by atoms with Crippen molar-refractivity contribution in [1.82, 2.24) is 9.38 Å². The summed E-state index contributed by atoms with van der Waals surface area (Å²) >= 11 is 0. The maximum absolute atomic E-state index is 12.1. The topological polar surface area (TPSA) is 46.4 Å². The van der Waals surface area contributed by atoms with Crippen molar-refractivity contribution >= 4 is 17.4 Å². The standard InChI is InChI=1S/C19H21N3O/c1-4-5-17(23)21-19-18(15-8-6-13(2)7-9-15)20-16-12-14(3)10-11-22(16)19/h6-12H,4-5H2,1-3H3,(H,21,23). The number of pyridine rings is 1. The molecular formula is C19H21N3O. The van der Waals surface area contributed by atoms with Gasteiger partial charge in [-0.2, -0.15) is 0 Å². The van der Waals surface area contributed by atoms with Gasteiger partial charge in [0.2, 0.25) is 5.91 Å². The molecule has 0 saturated heterocycles. The normalized spacial score (nSPS) is 10.9. The van der Waals surface area contributed by atoms with Crippen LogP contribution in [0.3, 0.4) is 0 Å². The molecule has 0 spiro atoms. The molecule has 0 aliphatic rings. The van der Waals surface area contributed by atoms with Crippen molar-refractivity contribution in [3.63, 3.8) is 0 Å². The quantitative estimate of drug-likeness (QED) is 0.778. The highest BCUT2D eigenvalue weighted by atomic mass is 16.1. The Balaban J connectivity index is 2.14. The van der Waals surface area contributed by atoms with E-state index in [1.807, 2.05) is 48.7 Å². The molecule has 0 fully saturated rings. The third kappa shape index (κ3) is 3.11. The van der Waals surface area contributed by atoms with Crippen LogP contribution in [0, 0.1) is 13.8 Å². The first-order valence-electron chi connectivity index (χ1n) is 7.94. The highest BCUT2D eigenvalue weighted by molar-refractivity contribution is 5.94. The molecule has 2 heterocycles. The highest BCUT2D eigenvalue weighted by Crippen LogP contribution is 2.29. The van der Waals surface area contributed by atoms with Crippen LogP contribution in [0.5, 0.6) is 0 Å². The van der Waals surface area contributed by atoms with Gasteiger partial charge in [0.15, 0.2) is 0 Å². The molecule has 23 heavy (non-hydrogen) atoms. The van der Waals surface area contributed by atoms with E-state index in [1.165, 1.54) is 5.56 Å². The van der Waals surface area contributed by atoms with E-state index in [9.17, 15) is 4.79 Å². The van der Waals surface area contributed by atoms with E-state index in [2.05, 4.69) is 24.4 Å². The summed E-state index contributed by atoms with van der Waals surface area (Å²) in [4.78, 5) is 16.8. The van der Waals surface area contributed by atoms with Crippen LogP contribution < -0.4 is 5.32 Å².